The largest absolute Gasteiger partial charge is 0.411 e. The lowest BCUT2D eigenvalue weighted by Gasteiger charge is -2.27. The second-order valence-corrected chi connectivity index (χ2v) is 5.30. The summed E-state index contributed by atoms with van der Waals surface area (Å²) in [5.74, 6) is -0.0321. The number of amides is 1. The van der Waals surface area contributed by atoms with Crippen molar-refractivity contribution in [2.45, 2.75) is 12.5 Å². The van der Waals surface area contributed by atoms with Crippen LogP contribution in [0.15, 0.2) is 46.9 Å². The minimum Gasteiger partial charge on any atom is -0.411 e. The first-order valence-electron chi connectivity index (χ1n) is 7.06. The Kier molecular flexibility index (Phi) is 3.03. The number of aromatic nitrogens is 1. The molecule has 2 aromatic carbocycles. The average Bonchev–Trinajstić information content (AvgIpc) is 2.95. The molecule has 0 aliphatic carbocycles. The number of oxazole rings is 1. The molecule has 3 aromatic rings. The topological polar surface area (TPSA) is 102 Å². The molecule has 23 heavy (non-hydrogen) atoms. The van der Waals surface area contributed by atoms with Gasteiger partial charge >= 0.3 is 6.08 Å². The molecule has 0 radical (unpaired) electrons. The van der Waals surface area contributed by atoms with Crippen LogP contribution >= 0.6 is 0 Å². The number of carbonyl (C=O) groups is 1. The van der Waals surface area contributed by atoms with Crippen LogP contribution in [0.1, 0.15) is 5.56 Å². The monoisotopic (exact) mass is 311 g/mol. The van der Waals surface area contributed by atoms with Gasteiger partial charge in [0.15, 0.2) is 5.58 Å². The number of fused-ring (bicyclic) bond motifs is 2. The van der Waals surface area contributed by atoms with Gasteiger partial charge in [0.2, 0.25) is 0 Å². The van der Waals surface area contributed by atoms with Crippen LogP contribution < -0.4 is 15.5 Å². The minimum absolute atomic E-state index is 0.128. The summed E-state index contributed by atoms with van der Waals surface area (Å²) >= 11 is 0. The van der Waals surface area contributed by atoms with Crippen LogP contribution in [0.25, 0.3) is 11.1 Å². The molecule has 0 spiro atoms. The zero-order chi connectivity index (χ0) is 16.0. The van der Waals surface area contributed by atoms with Gasteiger partial charge in [0.05, 0.1) is 11.7 Å². The molecule has 0 saturated heterocycles. The molecular weight excluding hydrogens is 298 g/mol. The molecule has 7 heteroatoms. The minimum atomic E-state index is -0.771. The quantitative estimate of drug-likeness (QED) is 0.704. The van der Waals surface area contributed by atoms with Crippen molar-refractivity contribution in [3.63, 3.8) is 0 Å². The highest BCUT2D eigenvalue weighted by Gasteiger charge is 2.30. The summed E-state index contributed by atoms with van der Waals surface area (Å²) in [5.41, 5.74) is 8.17. The smallest absolute Gasteiger partial charge is 0.400 e. The van der Waals surface area contributed by atoms with Crippen molar-refractivity contribution in [2.75, 3.05) is 5.06 Å². The highest BCUT2D eigenvalue weighted by molar-refractivity contribution is 5.98. The molecule has 1 aliphatic heterocycles. The van der Waals surface area contributed by atoms with Crippen LogP contribution in [0.2, 0.25) is 0 Å². The molecule has 1 aliphatic rings. The number of benzene rings is 2. The molecule has 1 unspecified atom stereocenters. The highest BCUT2D eigenvalue weighted by atomic mass is 16.6. The Labute approximate surface area is 130 Å². The second-order valence-electron chi connectivity index (χ2n) is 5.30. The number of ether oxygens (including phenoxy) is 1. The number of nitrogens with zero attached hydrogens (tertiary/aromatic N) is 2. The van der Waals surface area contributed by atoms with Crippen LogP contribution in [-0.4, -0.2) is 22.1 Å². The number of hydrogen-bond acceptors (Lipinski definition) is 6. The number of anilines is 1. The Morgan fingerprint density at radius 2 is 2.13 bits per heavy atom. The highest BCUT2D eigenvalue weighted by Crippen LogP contribution is 2.32. The number of para-hydroxylation sites is 2. The predicted octanol–water partition coefficient (Wildman–Crippen LogP) is 2.23. The van der Waals surface area contributed by atoms with Crippen LogP contribution in [0.3, 0.4) is 0 Å². The summed E-state index contributed by atoms with van der Waals surface area (Å²) in [6, 6.07) is 11.5. The van der Waals surface area contributed by atoms with E-state index in [0.29, 0.717) is 39.6 Å². The maximum atomic E-state index is 11.7. The number of rotatable bonds is 2. The number of carbonyl (C=O) groups excluding carboxylic acids is 1. The second kappa shape index (κ2) is 5.08. The average molecular weight is 311 g/mol. The molecular formula is C16H13N3O4. The molecule has 0 fully saturated rings. The zero-order valence-electron chi connectivity index (χ0n) is 12.0. The number of hydrogen-bond donors (Lipinski definition) is 2. The first-order chi connectivity index (χ1) is 11.1. The van der Waals surface area contributed by atoms with Crippen molar-refractivity contribution in [1.82, 2.24) is 4.98 Å². The van der Waals surface area contributed by atoms with E-state index in [1.54, 1.807) is 24.3 Å². The van der Waals surface area contributed by atoms with Gasteiger partial charge in [0, 0.05) is 0 Å². The summed E-state index contributed by atoms with van der Waals surface area (Å²) in [6.07, 6.45) is 0.457. The molecule has 7 nitrogen and oxygen atoms in total. The molecule has 2 heterocycles. The molecule has 0 bridgehead atoms. The van der Waals surface area contributed by atoms with Gasteiger partial charge in [-0.15, -0.1) is 0 Å². The van der Waals surface area contributed by atoms with E-state index >= 15 is 0 Å². The molecule has 0 saturated carbocycles. The summed E-state index contributed by atoms with van der Waals surface area (Å²) in [6.45, 7) is 0. The molecule has 1 amide bonds. The standard InChI is InChI=1S/C16H13N3O4/c17-11-8-9-7-10(5-6-13(9)19(21)15(11)20)22-16-18-12-3-1-2-4-14(12)23-16/h1-7,11,21H,8,17H2. The van der Waals surface area contributed by atoms with E-state index in [4.69, 9.17) is 14.9 Å². The maximum absolute atomic E-state index is 11.7. The third kappa shape index (κ3) is 2.32. The van der Waals surface area contributed by atoms with Crippen LogP contribution in [0.5, 0.6) is 11.8 Å². The van der Waals surface area contributed by atoms with Crippen molar-refractivity contribution < 1.29 is 19.2 Å². The molecule has 1 aromatic heterocycles. The lowest BCUT2D eigenvalue weighted by atomic mass is 9.99. The fraction of sp³-hybridized carbons (Fsp3) is 0.125. The van der Waals surface area contributed by atoms with Gasteiger partial charge < -0.3 is 14.9 Å². The Hall–Kier alpha value is -2.90. The van der Waals surface area contributed by atoms with Gasteiger partial charge in [-0.05, 0) is 42.3 Å². The molecule has 4 rings (SSSR count). The Bertz CT molecular complexity index is 872. The van der Waals surface area contributed by atoms with Crippen molar-refractivity contribution >= 4 is 22.7 Å². The predicted molar refractivity (Wildman–Crippen MR) is 81.5 cm³/mol. The zero-order valence-corrected chi connectivity index (χ0v) is 12.0. The lowest BCUT2D eigenvalue weighted by molar-refractivity contribution is -0.125. The lowest BCUT2D eigenvalue weighted by Crippen LogP contribution is -2.47. The van der Waals surface area contributed by atoms with E-state index in [0.717, 1.165) is 0 Å². The van der Waals surface area contributed by atoms with Crippen molar-refractivity contribution in [3.05, 3.63) is 48.0 Å². The molecule has 1 atom stereocenters. The van der Waals surface area contributed by atoms with Gasteiger partial charge in [-0.2, -0.15) is 10.0 Å². The van der Waals surface area contributed by atoms with Crippen LogP contribution in [-0.2, 0) is 11.2 Å². The van der Waals surface area contributed by atoms with Crippen molar-refractivity contribution in [1.29, 1.82) is 0 Å². The third-order valence-electron chi connectivity index (χ3n) is 3.72. The third-order valence-corrected chi connectivity index (χ3v) is 3.72. The van der Waals surface area contributed by atoms with Crippen molar-refractivity contribution in [3.8, 4) is 11.8 Å². The van der Waals surface area contributed by atoms with Gasteiger partial charge in [-0.1, -0.05) is 12.1 Å². The van der Waals surface area contributed by atoms with Gasteiger partial charge in [-0.25, -0.2) is 0 Å². The van der Waals surface area contributed by atoms with E-state index < -0.39 is 11.9 Å². The first-order valence-corrected chi connectivity index (χ1v) is 7.06. The SMILES string of the molecule is NC1Cc2cc(Oc3nc4ccccc4o3)ccc2N(O)C1=O. The fourth-order valence-corrected chi connectivity index (χ4v) is 2.59. The summed E-state index contributed by atoms with van der Waals surface area (Å²) in [7, 11) is 0. The van der Waals surface area contributed by atoms with E-state index in [1.807, 2.05) is 18.2 Å². The Morgan fingerprint density at radius 3 is 2.96 bits per heavy atom. The Balaban J connectivity index is 1.65. The molecule has 116 valence electrons. The summed E-state index contributed by atoms with van der Waals surface area (Å²) in [4.78, 5) is 15.9. The van der Waals surface area contributed by atoms with Gasteiger partial charge in [-0.3, -0.25) is 10.0 Å². The van der Waals surface area contributed by atoms with Gasteiger partial charge in [0.25, 0.3) is 5.91 Å². The van der Waals surface area contributed by atoms with E-state index in [2.05, 4.69) is 4.98 Å². The molecule has 3 N–H and O–H groups in total. The van der Waals surface area contributed by atoms with E-state index in [-0.39, 0.29) is 6.08 Å². The normalized spacial score (nSPS) is 17.4. The number of hydroxylamine groups is 1. The Morgan fingerprint density at radius 1 is 1.30 bits per heavy atom. The van der Waals surface area contributed by atoms with Gasteiger partial charge in [0.1, 0.15) is 11.3 Å². The van der Waals surface area contributed by atoms with E-state index in [1.165, 1.54) is 0 Å². The maximum Gasteiger partial charge on any atom is 0.400 e. The van der Waals surface area contributed by atoms with Crippen molar-refractivity contribution in [2.24, 2.45) is 5.73 Å². The van der Waals surface area contributed by atoms with Crippen LogP contribution in [0, 0.1) is 0 Å². The summed E-state index contributed by atoms with van der Waals surface area (Å²) < 4.78 is 11.1. The van der Waals surface area contributed by atoms with E-state index in [9.17, 15) is 10.0 Å². The fourth-order valence-electron chi connectivity index (χ4n) is 2.59. The summed E-state index contributed by atoms with van der Waals surface area (Å²) in [5, 5.41) is 10.4. The number of nitrogens with two attached hydrogens (primary N) is 1. The first kappa shape index (κ1) is 13.7. The van der Waals surface area contributed by atoms with Crippen LogP contribution in [0.4, 0.5) is 5.69 Å².